The summed E-state index contributed by atoms with van der Waals surface area (Å²) in [5, 5.41) is 0.720. The van der Waals surface area contributed by atoms with Gasteiger partial charge in [-0.05, 0) is 49.4 Å². The Hall–Kier alpha value is -2.80. The number of nitrogens with zero attached hydrogens (tertiary/aromatic N) is 3. The number of hydrogen-bond acceptors (Lipinski definition) is 4. The second-order valence-corrected chi connectivity index (χ2v) is 10.9. The van der Waals surface area contributed by atoms with Crippen molar-refractivity contribution < 1.29 is 19.1 Å². The zero-order valence-corrected chi connectivity index (χ0v) is 23.8. The Morgan fingerprint density at radius 1 is 1.03 bits per heavy atom. The minimum absolute atomic E-state index is 0.0154. The number of carbonyl (C=O) groups excluding carboxylic acids is 3. The standard InChI is InChI=1S/C30H42ClN3O4/c1-4-38-30(37)17-16-28(35)33(19-23(2)3)22-29(36)34(25-12-6-5-7-13-25)21-26-14-10-18-32(26)20-24-11-8-9-15-27(24)31/h8-11,14-15,18,23,25H,4-7,12-13,16-17,19-22H2,1-3H3. The Balaban J connectivity index is 1.77. The van der Waals surface area contributed by atoms with Crippen molar-refractivity contribution in [1.29, 1.82) is 0 Å². The second-order valence-electron chi connectivity index (χ2n) is 10.5. The van der Waals surface area contributed by atoms with Gasteiger partial charge in [0.15, 0.2) is 0 Å². The van der Waals surface area contributed by atoms with Crippen molar-refractivity contribution in [3.05, 3.63) is 58.9 Å². The zero-order valence-electron chi connectivity index (χ0n) is 23.0. The molecular weight excluding hydrogens is 502 g/mol. The van der Waals surface area contributed by atoms with Crippen molar-refractivity contribution in [3.63, 3.8) is 0 Å². The van der Waals surface area contributed by atoms with Gasteiger partial charge < -0.3 is 19.1 Å². The molecule has 1 aliphatic carbocycles. The van der Waals surface area contributed by atoms with Crippen LogP contribution in [0.1, 0.15) is 77.0 Å². The third-order valence-corrected chi connectivity index (χ3v) is 7.37. The number of amides is 2. The maximum atomic E-state index is 13.8. The van der Waals surface area contributed by atoms with Crippen molar-refractivity contribution in [2.75, 3.05) is 19.7 Å². The summed E-state index contributed by atoms with van der Waals surface area (Å²) in [5.74, 6) is -0.427. The maximum absolute atomic E-state index is 13.8. The number of benzene rings is 1. The lowest BCUT2D eigenvalue weighted by Crippen LogP contribution is -2.48. The first-order valence-corrected chi connectivity index (χ1v) is 14.3. The van der Waals surface area contributed by atoms with Crippen molar-refractivity contribution >= 4 is 29.4 Å². The van der Waals surface area contributed by atoms with E-state index in [4.69, 9.17) is 16.3 Å². The molecule has 2 aromatic rings. The number of carbonyl (C=O) groups is 3. The fourth-order valence-corrected chi connectivity index (χ4v) is 5.29. The van der Waals surface area contributed by atoms with E-state index in [0.29, 0.717) is 19.6 Å². The van der Waals surface area contributed by atoms with Crippen molar-refractivity contribution in [1.82, 2.24) is 14.4 Å². The number of rotatable bonds is 13. The maximum Gasteiger partial charge on any atom is 0.306 e. The molecule has 38 heavy (non-hydrogen) atoms. The predicted octanol–water partition coefficient (Wildman–Crippen LogP) is 5.68. The number of halogens is 1. The Morgan fingerprint density at radius 3 is 2.45 bits per heavy atom. The molecule has 0 N–H and O–H groups in total. The van der Waals surface area contributed by atoms with E-state index in [9.17, 15) is 14.4 Å². The van der Waals surface area contributed by atoms with E-state index in [-0.39, 0.29) is 55.7 Å². The highest BCUT2D eigenvalue weighted by atomic mass is 35.5. The number of esters is 1. The van der Waals surface area contributed by atoms with Gasteiger partial charge in [0.2, 0.25) is 11.8 Å². The summed E-state index contributed by atoms with van der Waals surface area (Å²) in [6.45, 7) is 7.67. The molecule has 0 saturated heterocycles. The first-order chi connectivity index (χ1) is 18.3. The molecule has 0 unspecified atom stereocenters. The normalized spacial score (nSPS) is 13.9. The predicted molar refractivity (Wildman–Crippen MR) is 150 cm³/mol. The topological polar surface area (TPSA) is 71.8 Å². The van der Waals surface area contributed by atoms with Gasteiger partial charge in [0.05, 0.1) is 26.1 Å². The molecule has 1 aromatic carbocycles. The SMILES string of the molecule is CCOC(=O)CCC(=O)N(CC(=O)N(Cc1cccn1Cc1ccccc1Cl)C1CCCCC1)CC(C)C. The highest BCUT2D eigenvalue weighted by Gasteiger charge is 2.29. The summed E-state index contributed by atoms with van der Waals surface area (Å²) >= 11 is 6.42. The summed E-state index contributed by atoms with van der Waals surface area (Å²) in [7, 11) is 0. The number of aromatic nitrogens is 1. The molecule has 1 heterocycles. The quantitative estimate of drug-likeness (QED) is 0.305. The van der Waals surface area contributed by atoms with Crippen molar-refractivity contribution in [2.45, 2.75) is 84.8 Å². The van der Waals surface area contributed by atoms with Gasteiger partial charge in [0.25, 0.3) is 0 Å². The van der Waals surface area contributed by atoms with Crippen molar-refractivity contribution in [2.24, 2.45) is 5.92 Å². The molecule has 1 saturated carbocycles. The van der Waals surface area contributed by atoms with Crippen LogP contribution >= 0.6 is 11.6 Å². The average molecular weight is 544 g/mol. The van der Waals surface area contributed by atoms with Crippen LogP contribution < -0.4 is 0 Å². The first-order valence-electron chi connectivity index (χ1n) is 13.9. The van der Waals surface area contributed by atoms with Gasteiger partial charge in [-0.15, -0.1) is 0 Å². The Morgan fingerprint density at radius 2 is 1.76 bits per heavy atom. The van der Waals surface area contributed by atoms with E-state index in [2.05, 4.69) is 10.6 Å². The number of hydrogen-bond donors (Lipinski definition) is 0. The van der Waals surface area contributed by atoms with Gasteiger partial charge in [-0.25, -0.2) is 0 Å². The average Bonchev–Trinajstić information content (AvgIpc) is 3.33. The molecule has 0 atom stereocenters. The molecule has 0 spiro atoms. The van der Waals surface area contributed by atoms with Gasteiger partial charge in [0, 0.05) is 42.5 Å². The third-order valence-electron chi connectivity index (χ3n) is 7.00. The molecule has 0 radical (unpaired) electrons. The lowest BCUT2D eigenvalue weighted by atomic mass is 9.94. The van der Waals surface area contributed by atoms with Gasteiger partial charge >= 0.3 is 5.97 Å². The van der Waals surface area contributed by atoms with Crippen LogP contribution in [0, 0.1) is 5.92 Å². The highest BCUT2D eigenvalue weighted by Crippen LogP contribution is 2.25. The molecule has 1 aliphatic rings. The van der Waals surface area contributed by atoms with Crippen LogP contribution in [-0.4, -0.2) is 57.9 Å². The van der Waals surface area contributed by atoms with Crippen LogP contribution in [-0.2, 0) is 32.2 Å². The highest BCUT2D eigenvalue weighted by molar-refractivity contribution is 6.31. The smallest absolute Gasteiger partial charge is 0.306 e. The summed E-state index contributed by atoms with van der Waals surface area (Å²) in [6, 6.07) is 12.0. The van der Waals surface area contributed by atoms with Gasteiger partial charge in [-0.2, -0.15) is 0 Å². The second kappa shape index (κ2) is 15.0. The summed E-state index contributed by atoms with van der Waals surface area (Å²) in [4.78, 5) is 42.3. The monoisotopic (exact) mass is 543 g/mol. The van der Waals surface area contributed by atoms with Gasteiger partial charge in [-0.3, -0.25) is 14.4 Å². The van der Waals surface area contributed by atoms with Gasteiger partial charge in [-0.1, -0.05) is 62.9 Å². The lowest BCUT2D eigenvalue weighted by molar-refractivity contribution is -0.147. The molecule has 7 nitrogen and oxygen atoms in total. The van der Waals surface area contributed by atoms with Crippen LogP contribution in [0.15, 0.2) is 42.6 Å². The van der Waals surface area contributed by atoms with Crippen LogP contribution in [0.3, 0.4) is 0 Å². The van der Waals surface area contributed by atoms with E-state index >= 15 is 0 Å². The van der Waals surface area contributed by atoms with Crippen LogP contribution in [0.5, 0.6) is 0 Å². The molecule has 2 amide bonds. The van der Waals surface area contributed by atoms with E-state index in [1.807, 2.05) is 55.3 Å². The van der Waals surface area contributed by atoms with Crippen LogP contribution in [0.25, 0.3) is 0 Å². The van der Waals surface area contributed by atoms with E-state index < -0.39 is 0 Å². The largest absolute Gasteiger partial charge is 0.466 e. The van der Waals surface area contributed by atoms with Crippen LogP contribution in [0.4, 0.5) is 0 Å². The first kappa shape index (κ1) is 29.8. The molecule has 208 valence electrons. The zero-order chi connectivity index (χ0) is 27.5. The van der Waals surface area contributed by atoms with E-state index in [1.54, 1.807) is 11.8 Å². The lowest BCUT2D eigenvalue weighted by Gasteiger charge is -2.36. The molecule has 0 bridgehead atoms. The third kappa shape index (κ3) is 8.90. The molecule has 0 aliphatic heterocycles. The van der Waals surface area contributed by atoms with Crippen molar-refractivity contribution in [3.8, 4) is 0 Å². The van der Waals surface area contributed by atoms with Gasteiger partial charge in [0.1, 0.15) is 0 Å². The molecule has 3 rings (SSSR count). The molecule has 1 fully saturated rings. The summed E-state index contributed by atoms with van der Waals surface area (Å²) in [5.41, 5.74) is 2.06. The summed E-state index contributed by atoms with van der Waals surface area (Å²) in [6.07, 6.45) is 7.42. The van der Waals surface area contributed by atoms with E-state index in [0.717, 1.165) is 42.0 Å². The van der Waals surface area contributed by atoms with Crippen LogP contribution in [0.2, 0.25) is 5.02 Å². The Labute approximate surface area is 232 Å². The fourth-order valence-electron chi connectivity index (χ4n) is 5.10. The Kier molecular flexibility index (Phi) is 11.7. The molecular formula is C30H42ClN3O4. The molecule has 1 aromatic heterocycles. The fraction of sp³-hybridized carbons (Fsp3) is 0.567. The van der Waals surface area contributed by atoms with E-state index in [1.165, 1.54) is 6.42 Å². The minimum Gasteiger partial charge on any atom is -0.466 e. The summed E-state index contributed by atoms with van der Waals surface area (Å²) < 4.78 is 7.12. The molecule has 8 heteroatoms. The Bertz CT molecular complexity index is 1060. The minimum atomic E-state index is -0.389. The number of ether oxygens (including phenoxy) is 1.